The lowest BCUT2D eigenvalue weighted by atomic mass is 9.85. The highest BCUT2D eigenvalue weighted by molar-refractivity contribution is 5.69. The van der Waals surface area contributed by atoms with Crippen LogP contribution in [0.2, 0.25) is 0 Å². The van der Waals surface area contributed by atoms with Crippen molar-refractivity contribution >= 4 is 6.09 Å². The molecule has 0 radical (unpaired) electrons. The second kappa shape index (κ2) is 5.71. The van der Waals surface area contributed by atoms with Gasteiger partial charge < -0.3 is 14.7 Å². The highest BCUT2D eigenvalue weighted by atomic mass is 16.6. The summed E-state index contributed by atoms with van der Waals surface area (Å²) >= 11 is 0. The summed E-state index contributed by atoms with van der Waals surface area (Å²) in [5.41, 5.74) is -0.435. The van der Waals surface area contributed by atoms with Crippen molar-refractivity contribution in [3.63, 3.8) is 0 Å². The van der Waals surface area contributed by atoms with Crippen molar-refractivity contribution in [1.29, 1.82) is 0 Å². The fourth-order valence-corrected chi connectivity index (χ4v) is 2.28. The molecule has 1 amide bonds. The highest BCUT2D eigenvalue weighted by Crippen LogP contribution is 2.30. The number of hydrogen-bond donors (Lipinski definition) is 1. The Labute approximate surface area is 104 Å². The summed E-state index contributed by atoms with van der Waals surface area (Å²) in [5, 5.41) is 9.01. The Morgan fingerprint density at radius 2 is 2.18 bits per heavy atom. The van der Waals surface area contributed by atoms with E-state index in [-0.39, 0.29) is 18.7 Å². The normalized spacial score (nSPS) is 21.9. The lowest BCUT2D eigenvalue weighted by Gasteiger charge is -2.45. The number of rotatable bonds is 4. The van der Waals surface area contributed by atoms with Crippen molar-refractivity contribution in [2.75, 3.05) is 13.2 Å². The van der Waals surface area contributed by atoms with E-state index in [0.29, 0.717) is 5.92 Å². The first-order chi connectivity index (χ1) is 7.89. The third kappa shape index (κ3) is 3.87. The quantitative estimate of drug-likeness (QED) is 0.825. The molecular formula is C13H25NO3. The fraction of sp³-hybridized carbons (Fsp3) is 0.923. The van der Waals surface area contributed by atoms with E-state index in [9.17, 15) is 4.79 Å². The Morgan fingerprint density at radius 1 is 1.53 bits per heavy atom. The molecule has 4 heteroatoms. The number of likely N-dealkylation sites (tertiary alicyclic amines) is 1. The van der Waals surface area contributed by atoms with Gasteiger partial charge in [-0.1, -0.05) is 13.3 Å². The van der Waals surface area contributed by atoms with E-state index in [4.69, 9.17) is 9.84 Å². The first kappa shape index (κ1) is 14.3. The molecule has 0 aromatic carbocycles. The summed E-state index contributed by atoms with van der Waals surface area (Å²) in [6, 6.07) is 0.252. The molecule has 4 nitrogen and oxygen atoms in total. The van der Waals surface area contributed by atoms with Gasteiger partial charge in [0.2, 0.25) is 0 Å². The highest BCUT2D eigenvalue weighted by Gasteiger charge is 2.38. The molecule has 1 rings (SSSR count). The van der Waals surface area contributed by atoms with Gasteiger partial charge >= 0.3 is 6.09 Å². The maximum Gasteiger partial charge on any atom is 0.410 e. The summed E-state index contributed by atoms with van der Waals surface area (Å²) in [6.45, 7) is 8.71. The molecule has 0 aromatic rings. The average molecular weight is 243 g/mol. The number of aliphatic hydroxyl groups excluding tert-OH is 1. The van der Waals surface area contributed by atoms with Crippen molar-refractivity contribution in [2.24, 2.45) is 5.92 Å². The van der Waals surface area contributed by atoms with Crippen LogP contribution in [0.4, 0.5) is 4.79 Å². The first-order valence-electron chi connectivity index (χ1n) is 6.49. The summed E-state index contributed by atoms with van der Waals surface area (Å²) < 4.78 is 5.37. The Hall–Kier alpha value is -0.770. The molecule has 1 aliphatic rings. The Bertz CT molecular complexity index is 260. The maximum absolute atomic E-state index is 11.9. The lowest BCUT2D eigenvalue weighted by Crippen LogP contribution is -2.55. The minimum absolute atomic E-state index is 0.192. The summed E-state index contributed by atoms with van der Waals surface area (Å²) in [6.07, 6.45) is 2.56. The van der Waals surface area contributed by atoms with E-state index in [1.54, 1.807) is 4.90 Å². The topological polar surface area (TPSA) is 49.8 Å². The molecule has 1 saturated heterocycles. The molecule has 0 spiro atoms. The van der Waals surface area contributed by atoms with Gasteiger partial charge in [-0.05, 0) is 39.5 Å². The number of amides is 1. The predicted molar refractivity (Wildman–Crippen MR) is 66.8 cm³/mol. The van der Waals surface area contributed by atoms with Gasteiger partial charge in [0.25, 0.3) is 0 Å². The van der Waals surface area contributed by atoms with Crippen LogP contribution in [0, 0.1) is 5.92 Å². The number of nitrogens with zero attached hydrogens (tertiary/aromatic N) is 1. The number of carbonyl (C=O) groups excluding carboxylic acids is 1. The maximum atomic E-state index is 11.9. The van der Waals surface area contributed by atoms with Gasteiger partial charge in [0.1, 0.15) is 5.60 Å². The van der Waals surface area contributed by atoms with Crippen LogP contribution < -0.4 is 0 Å². The Kier molecular flexibility index (Phi) is 4.80. The zero-order chi connectivity index (χ0) is 13.1. The molecule has 0 aliphatic carbocycles. The molecule has 2 atom stereocenters. The van der Waals surface area contributed by atoms with E-state index < -0.39 is 5.60 Å². The molecule has 0 aromatic heterocycles. The standard InChI is InChI=1S/C13H25NO3/c1-5-10(7-9-15)11-6-8-14(11)12(16)17-13(2,3)4/h10-11,15H,5-9H2,1-4H3. The van der Waals surface area contributed by atoms with Crippen LogP contribution in [0.25, 0.3) is 0 Å². The van der Waals surface area contributed by atoms with Gasteiger partial charge in [-0.25, -0.2) is 4.79 Å². The molecule has 1 N–H and O–H groups in total. The van der Waals surface area contributed by atoms with Crippen molar-refractivity contribution in [2.45, 2.75) is 58.6 Å². The SMILES string of the molecule is CCC(CCO)C1CCN1C(=O)OC(C)(C)C. The monoisotopic (exact) mass is 243 g/mol. The van der Waals surface area contributed by atoms with Crippen LogP contribution in [-0.2, 0) is 4.74 Å². The molecule has 0 saturated carbocycles. The van der Waals surface area contributed by atoms with Crippen molar-refractivity contribution < 1.29 is 14.6 Å². The predicted octanol–water partition coefficient (Wildman–Crippen LogP) is 2.40. The van der Waals surface area contributed by atoms with E-state index >= 15 is 0 Å². The summed E-state index contributed by atoms with van der Waals surface area (Å²) in [7, 11) is 0. The minimum Gasteiger partial charge on any atom is -0.444 e. The van der Waals surface area contributed by atoms with Gasteiger partial charge in [-0.15, -0.1) is 0 Å². The third-order valence-corrected chi connectivity index (χ3v) is 3.26. The van der Waals surface area contributed by atoms with E-state index in [0.717, 1.165) is 25.8 Å². The number of ether oxygens (including phenoxy) is 1. The van der Waals surface area contributed by atoms with Crippen LogP contribution in [-0.4, -0.2) is 40.9 Å². The average Bonchev–Trinajstić information content (AvgIpc) is 2.11. The fourth-order valence-electron chi connectivity index (χ4n) is 2.28. The summed E-state index contributed by atoms with van der Waals surface area (Å²) in [4.78, 5) is 13.7. The number of aliphatic hydroxyl groups is 1. The van der Waals surface area contributed by atoms with Gasteiger partial charge in [-0.2, -0.15) is 0 Å². The number of carbonyl (C=O) groups is 1. The Morgan fingerprint density at radius 3 is 2.53 bits per heavy atom. The minimum atomic E-state index is -0.435. The van der Waals surface area contributed by atoms with Crippen molar-refractivity contribution in [1.82, 2.24) is 4.90 Å². The lowest BCUT2D eigenvalue weighted by molar-refractivity contribution is -0.0209. The zero-order valence-corrected chi connectivity index (χ0v) is 11.4. The van der Waals surface area contributed by atoms with Gasteiger partial charge in [0.05, 0.1) is 0 Å². The summed E-state index contributed by atoms with van der Waals surface area (Å²) in [5.74, 6) is 0.390. The first-order valence-corrected chi connectivity index (χ1v) is 6.49. The van der Waals surface area contributed by atoms with Crippen LogP contribution in [0.5, 0.6) is 0 Å². The van der Waals surface area contributed by atoms with Gasteiger partial charge in [-0.3, -0.25) is 0 Å². The molecule has 1 fully saturated rings. The van der Waals surface area contributed by atoms with Crippen LogP contribution in [0.3, 0.4) is 0 Å². The molecule has 1 aliphatic heterocycles. The van der Waals surface area contributed by atoms with Crippen molar-refractivity contribution in [3.05, 3.63) is 0 Å². The molecule has 1 heterocycles. The molecule has 2 unspecified atom stereocenters. The van der Waals surface area contributed by atoms with E-state index in [1.165, 1.54) is 0 Å². The van der Waals surface area contributed by atoms with Crippen molar-refractivity contribution in [3.8, 4) is 0 Å². The van der Waals surface area contributed by atoms with E-state index in [1.807, 2.05) is 20.8 Å². The molecular weight excluding hydrogens is 218 g/mol. The van der Waals surface area contributed by atoms with Crippen LogP contribution in [0.1, 0.15) is 47.0 Å². The number of hydrogen-bond acceptors (Lipinski definition) is 3. The zero-order valence-electron chi connectivity index (χ0n) is 11.4. The van der Waals surface area contributed by atoms with Gasteiger partial charge in [0, 0.05) is 19.2 Å². The third-order valence-electron chi connectivity index (χ3n) is 3.26. The van der Waals surface area contributed by atoms with Crippen LogP contribution in [0.15, 0.2) is 0 Å². The molecule has 17 heavy (non-hydrogen) atoms. The smallest absolute Gasteiger partial charge is 0.410 e. The van der Waals surface area contributed by atoms with Crippen LogP contribution >= 0.6 is 0 Å². The van der Waals surface area contributed by atoms with E-state index in [2.05, 4.69) is 6.92 Å². The molecule has 100 valence electrons. The molecule has 0 bridgehead atoms. The second-order valence-electron chi connectivity index (χ2n) is 5.71. The van der Waals surface area contributed by atoms with Gasteiger partial charge in [0.15, 0.2) is 0 Å². The second-order valence-corrected chi connectivity index (χ2v) is 5.71. The Balaban J connectivity index is 2.52. The largest absolute Gasteiger partial charge is 0.444 e.